The summed E-state index contributed by atoms with van der Waals surface area (Å²) in [7, 11) is -3.52. The average molecular weight is 324 g/mol. The molecule has 0 aromatic heterocycles. The van der Waals surface area contributed by atoms with Gasteiger partial charge >= 0.3 is 0 Å². The highest BCUT2D eigenvalue weighted by Crippen LogP contribution is 2.16. The van der Waals surface area contributed by atoms with E-state index in [1.807, 2.05) is 37.3 Å². The van der Waals surface area contributed by atoms with Crippen LogP contribution in [-0.4, -0.2) is 14.5 Å². The fourth-order valence-corrected chi connectivity index (χ4v) is 3.63. The van der Waals surface area contributed by atoms with Crippen LogP contribution in [0.3, 0.4) is 0 Å². The van der Waals surface area contributed by atoms with Gasteiger partial charge in [-0.25, -0.2) is 13.1 Å². The lowest BCUT2D eigenvalue weighted by atomic mass is 10.1. The van der Waals surface area contributed by atoms with Crippen LogP contribution in [0.2, 0.25) is 5.02 Å². The summed E-state index contributed by atoms with van der Waals surface area (Å²) in [5.74, 6) is 0. The predicted octanol–water partition coefficient (Wildman–Crippen LogP) is 3.64. The Morgan fingerprint density at radius 3 is 2.48 bits per heavy atom. The third-order valence-corrected chi connectivity index (χ3v) is 4.99. The maximum absolute atomic E-state index is 12.2. The van der Waals surface area contributed by atoms with Crippen molar-refractivity contribution in [3.05, 3.63) is 65.2 Å². The van der Waals surface area contributed by atoms with E-state index in [-0.39, 0.29) is 10.9 Å². The monoisotopic (exact) mass is 323 g/mol. The second kappa shape index (κ2) is 7.07. The van der Waals surface area contributed by atoms with Crippen molar-refractivity contribution in [3.8, 4) is 0 Å². The van der Waals surface area contributed by atoms with Crippen molar-refractivity contribution in [1.29, 1.82) is 0 Å². The zero-order valence-corrected chi connectivity index (χ0v) is 13.4. The van der Waals surface area contributed by atoms with Crippen molar-refractivity contribution in [2.45, 2.75) is 30.7 Å². The Hall–Kier alpha value is -1.36. The molecule has 3 nitrogen and oxygen atoms in total. The molecule has 0 heterocycles. The van der Waals surface area contributed by atoms with Crippen LogP contribution in [0, 0.1) is 0 Å². The van der Waals surface area contributed by atoms with Gasteiger partial charge in [-0.05, 0) is 43.5 Å². The van der Waals surface area contributed by atoms with E-state index in [9.17, 15) is 8.42 Å². The highest BCUT2D eigenvalue weighted by atomic mass is 35.5. The molecule has 0 bridgehead atoms. The first-order valence-electron chi connectivity index (χ1n) is 6.79. The van der Waals surface area contributed by atoms with Crippen LogP contribution in [0.1, 0.15) is 18.9 Å². The second-order valence-electron chi connectivity index (χ2n) is 5.00. The molecule has 0 amide bonds. The van der Waals surface area contributed by atoms with Gasteiger partial charge in [0.05, 0.1) is 4.90 Å². The molecule has 0 aliphatic rings. The summed E-state index contributed by atoms with van der Waals surface area (Å²) < 4.78 is 27.2. The van der Waals surface area contributed by atoms with Gasteiger partial charge in [-0.2, -0.15) is 0 Å². The lowest BCUT2D eigenvalue weighted by molar-refractivity contribution is 0.547. The molecule has 2 rings (SSSR count). The van der Waals surface area contributed by atoms with Crippen molar-refractivity contribution in [2.75, 3.05) is 0 Å². The van der Waals surface area contributed by atoms with E-state index in [2.05, 4.69) is 4.72 Å². The minimum Gasteiger partial charge on any atom is -0.208 e. The van der Waals surface area contributed by atoms with Crippen LogP contribution < -0.4 is 4.72 Å². The molecule has 0 unspecified atom stereocenters. The van der Waals surface area contributed by atoms with Crippen LogP contribution in [-0.2, 0) is 16.4 Å². The molecule has 0 radical (unpaired) electrons. The molecule has 21 heavy (non-hydrogen) atoms. The molecule has 2 aromatic rings. The summed E-state index contributed by atoms with van der Waals surface area (Å²) in [6.07, 6.45) is 1.57. The molecular weight excluding hydrogens is 306 g/mol. The SMILES string of the molecule is C[C@H](CCc1ccccc1)NS(=O)(=O)c1cccc(Cl)c1. The van der Waals surface area contributed by atoms with Crippen LogP contribution in [0.15, 0.2) is 59.5 Å². The first-order chi connectivity index (χ1) is 9.97. The molecule has 0 spiro atoms. The molecule has 0 saturated carbocycles. The van der Waals surface area contributed by atoms with Gasteiger partial charge in [0.25, 0.3) is 0 Å². The number of hydrogen-bond donors (Lipinski definition) is 1. The normalized spacial score (nSPS) is 13.0. The highest BCUT2D eigenvalue weighted by Gasteiger charge is 2.17. The molecule has 5 heteroatoms. The molecule has 112 valence electrons. The Morgan fingerprint density at radius 2 is 1.81 bits per heavy atom. The fraction of sp³-hybridized carbons (Fsp3) is 0.250. The van der Waals surface area contributed by atoms with Gasteiger partial charge in [0.1, 0.15) is 0 Å². The Labute approximate surface area is 131 Å². The van der Waals surface area contributed by atoms with Crippen LogP contribution in [0.5, 0.6) is 0 Å². The van der Waals surface area contributed by atoms with Gasteiger partial charge in [0.15, 0.2) is 0 Å². The quantitative estimate of drug-likeness (QED) is 0.882. The van der Waals surface area contributed by atoms with Crippen molar-refractivity contribution < 1.29 is 8.42 Å². The van der Waals surface area contributed by atoms with Gasteiger partial charge in [-0.3, -0.25) is 0 Å². The predicted molar refractivity (Wildman–Crippen MR) is 86.0 cm³/mol. The zero-order valence-electron chi connectivity index (χ0n) is 11.8. The fourth-order valence-electron chi connectivity index (χ4n) is 2.05. The summed E-state index contributed by atoms with van der Waals surface area (Å²) in [5, 5.41) is 0.412. The molecule has 1 N–H and O–H groups in total. The molecule has 0 aliphatic heterocycles. The van der Waals surface area contributed by atoms with Crippen LogP contribution >= 0.6 is 11.6 Å². The first kappa shape index (κ1) is 16.0. The van der Waals surface area contributed by atoms with Crippen molar-refractivity contribution in [3.63, 3.8) is 0 Å². The minimum atomic E-state index is -3.52. The summed E-state index contributed by atoms with van der Waals surface area (Å²) in [6, 6.07) is 16.1. The van der Waals surface area contributed by atoms with Gasteiger partial charge in [0.2, 0.25) is 10.0 Å². The van der Waals surface area contributed by atoms with Gasteiger partial charge in [-0.15, -0.1) is 0 Å². The van der Waals surface area contributed by atoms with Crippen molar-refractivity contribution in [2.24, 2.45) is 0 Å². The Balaban J connectivity index is 1.97. The molecule has 2 aromatic carbocycles. The van der Waals surface area contributed by atoms with E-state index < -0.39 is 10.0 Å². The van der Waals surface area contributed by atoms with E-state index in [1.54, 1.807) is 12.1 Å². The van der Waals surface area contributed by atoms with E-state index in [0.717, 1.165) is 12.8 Å². The molecule has 0 aliphatic carbocycles. The number of nitrogens with one attached hydrogen (secondary N) is 1. The maximum atomic E-state index is 12.2. The van der Waals surface area contributed by atoms with E-state index in [1.165, 1.54) is 17.7 Å². The van der Waals surface area contributed by atoms with Gasteiger partial charge in [-0.1, -0.05) is 48.0 Å². The van der Waals surface area contributed by atoms with Crippen molar-refractivity contribution in [1.82, 2.24) is 4.72 Å². The highest BCUT2D eigenvalue weighted by molar-refractivity contribution is 7.89. The molecule has 0 saturated heterocycles. The third-order valence-electron chi connectivity index (χ3n) is 3.17. The second-order valence-corrected chi connectivity index (χ2v) is 7.15. The summed E-state index contributed by atoms with van der Waals surface area (Å²) in [5.41, 5.74) is 1.20. The van der Waals surface area contributed by atoms with E-state index in [4.69, 9.17) is 11.6 Å². The molecule has 1 atom stereocenters. The summed E-state index contributed by atoms with van der Waals surface area (Å²) in [6.45, 7) is 1.87. The maximum Gasteiger partial charge on any atom is 0.240 e. The zero-order chi connectivity index (χ0) is 15.3. The summed E-state index contributed by atoms with van der Waals surface area (Å²) in [4.78, 5) is 0.196. The standard InChI is InChI=1S/C16H18ClNO2S/c1-13(10-11-14-6-3-2-4-7-14)18-21(19,20)16-9-5-8-15(17)12-16/h2-9,12-13,18H,10-11H2,1H3/t13-/m1/s1. The smallest absolute Gasteiger partial charge is 0.208 e. The number of hydrogen-bond acceptors (Lipinski definition) is 2. The third kappa shape index (κ3) is 4.84. The van der Waals surface area contributed by atoms with E-state index in [0.29, 0.717) is 5.02 Å². The van der Waals surface area contributed by atoms with Gasteiger partial charge < -0.3 is 0 Å². The first-order valence-corrected chi connectivity index (χ1v) is 8.65. The number of benzene rings is 2. The van der Waals surface area contributed by atoms with Crippen LogP contribution in [0.4, 0.5) is 0 Å². The van der Waals surface area contributed by atoms with Gasteiger partial charge in [0, 0.05) is 11.1 Å². The Morgan fingerprint density at radius 1 is 1.10 bits per heavy atom. The largest absolute Gasteiger partial charge is 0.240 e. The topological polar surface area (TPSA) is 46.2 Å². The number of sulfonamides is 1. The average Bonchev–Trinajstić information content (AvgIpc) is 2.46. The molecule has 0 fully saturated rings. The number of aryl methyl sites for hydroxylation is 1. The molecular formula is C16H18ClNO2S. The van der Waals surface area contributed by atoms with Crippen LogP contribution in [0.25, 0.3) is 0 Å². The number of rotatable bonds is 6. The Kier molecular flexibility index (Phi) is 5.39. The van der Waals surface area contributed by atoms with Crippen molar-refractivity contribution >= 4 is 21.6 Å². The Bertz CT molecular complexity index is 686. The lowest BCUT2D eigenvalue weighted by Gasteiger charge is -2.14. The van der Waals surface area contributed by atoms with E-state index >= 15 is 0 Å². The minimum absolute atomic E-state index is 0.144. The lowest BCUT2D eigenvalue weighted by Crippen LogP contribution is -2.32. The number of halogens is 1. The summed E-state index contributed by atoms with van der Waals surface area (Å²) >= 11 is 5.84.